The second-order valence-corrected chi connectivity index (χ2v) is 5.04. The number of hydrogen-bond donors (Lipinski definition) is 1. The summed E-state index contributed by atoms with van der Waals surface area (Å²) in [5, 5.41) is 0. The molecule has 1 aromatic carbocycles. The highest BCUT2D eigenvalue weighted by Gasteiger charge is 2.34. The molecule has 3 heteroatoms. The Kier molecular flexibility index (Phi) is 2.27. The van der Waals surface area contributed by atoms with Crippen LogP contribution in [0.25, 0.3) is 0 Å². The van der Waals surface area contributed by atoms with E-state index in [1.54, 1.807) is 0 Å². The Morgan fingerprint density at radius 2 is 1.67 bits per heavy atom. The highest BCUT2D eigenvalue weighted by atomic mass is 79.9. The molecule has 0 bridgehead atoms. The summed E-state index contributed by atoms with van der Waals surface area (Å²) in [6, 6.07) is 8.41. The molecule has 0 fully saturated rings. The maximum atomic E-state index is 6.00. The Morgan fingerprint density at radius 3 is 2.25 bits per heavy atom. The number of benzene rings is 1. The average Bonchev–Trinajstić information content (AvgIpc) is 2.33. The van der Waals surface area contributed by atoms with Crippen molar-refractivity contribution in [1.82, 2.24) is 0 Å². The van der Waals surface area contributed by atoms with Crippen LogP contribution in [-0.2, 0) is 0 Å². The zero-order chi connectivity index (χ0) is 8.72. The van der Waals surface area contributed by atoms with Gasteiger partial charge in [0.05, 0.1) is 9.65 Å². The highest BCUT2D eigenvalue weighted by Crippen LogP contribution is 2.46. The molecule has 1 nitrogen and oxygen atoms in total. The predicted octanol–water partition coefficient (Wildman–Crippen LogP) is 2.90. The summed E-state index contributed by atoms with van der Waals surface area (Å²) >= 11 is 7.19. The number of halogens is 2. The number of fused-ring (bicyclic) bond motifs is 1. The van der Waals surface area contributed by atoms with Crippen LogP contribution in [0.5, 0.6) is 0 Å². The van der Waals surface area contributed by atoms with Crippen LogP contribution in [0, 0.1) is 0 Å². The van der Waals surface area contributed by atoms with Gasteiger partial charge in [0.25, 0.3) is 0 Å². The topological polar surface area (TPSA) is 26.0 Å². The van der Waals surface area contributed by atoms with E-state index in [0.29, 0.717) is 9.65 Å². The van der Waals surface area contributed by atoms with Crippen LogP contribution >= 0.6 is 31.9 Å². The zero-order valence-corrected chi connectivity index (χ0v) is 9.55. The minimum atomic E-state index is 0.116. The predicted molar refractivity (Wildman–Crippen MR) is 57.8 cm³/mol. The van der Waals surface area contributed by atoms with Crippen LogP contribution in [0.1, 0.15) is 22.0 Å². The zero-order valence-electron chi connectivity index (χ0n) is 6.37. The fourth-order valence-electron chi connectivity index (χ4n) is 1.59. The maximum absolute atomic E-state index is 6.00. The van der Waals surface area contributed by atoms with Crippen LogP contribution in [0.2, 0.25) is 0 Å². The number of rotatable bonds is 0. The van der Waals surface area contributed by atoms with Gasteiger partial charge in [0.1, 0.15) is 0 Å². The summed E-state index contributed by atoms with van der Waals surface area (Å²) < 4.78 is 0. The molecule has 0 amide bonds. The van der Waals surface area contributed by atoms with Crippen LogP contribution in [0.4, 0.5) is 0 Å². The van der Waals surface area contributed by atoms with Gasteiger partial charge in [-0.15, -0.1) is 0 Å². The number of alkyl halides is 2. The number of nitrogens with two attached hydrogens (primary N) is 1. The van der Waals surface area contributed by atoms with Gasteiger partial charge < -0.3 is 5.73 Å². The van der Waals surface area contributed by atoms with Crippen molar-refractivity contribution in [2.24, 2.45) is 5.73 Å². The third-order valence-corrected chi connectivity index (χ3v) is 5.15. The molecule has 0 radical (unpaired) electrons. The van der Waals surface area contributed by atoms with E-state index in [1.165, 1.54) is 11.1 Å². The molecular weight excluding hydrogens is 282 g/mol. The molecule has 64 valence electrons. The Bertz CT molecular complexity index is 271. The van der Waals surface area contributed by atoms with Crippen molar-refractivity contribution in [1.29, 1.82) is 0 Å². The summed E-state index contributed by atoms with van der Waals surface area (Å²) in [5.41, 5.74) is 8.57. The van der Waals surface area contributed by atoms with Crippen molar-refractivity contribution in [3.63, 3.8) is 0 Å². The molecule has 2 rings (SSSR count). The monoisotopic (exact) mass is 289 g/mol. The largest absolute Gasteiger partial charge is 0.323 e. The Balaban J connectivity index is 2.52. The fourth-order valence-corrected chi connectivity index (χ4v) is 2.91. The molecule has 12 heavy (non-hydrogen) atoms. The van der Waals surface area contributed by atoms with E-state index in [2.05, 4.69) is 44.0 Å². The van der Waals surface area contributed by atoms with Gasteiger partial charge in [0.15, 0.2) is 0 Å². The summed E-state index contributed by atoms with van der Waals surface area (Å²) in [4.78, 5) is 0.665. The molecule has 0 aliphatic heterocycles. The third kappa shape index (κ3) is 1.15. The van der Waals surface area contributed by atoms with E-state index in [-0.39, 0.29) is 6.04 Å². The van der Waals surface area contributed by atoms with Crippen molar-refractivity contribution in [3.8, 4) is 0 Å². The standard InChI is InChI=1S/C9H9Br2N/c10-7-5-3-1-2-4-6(5)9(12)8(7)11/h1-4,7-9H,12H2. The van der Waals surface area contributed by atoms with E-state index < -0.39 is 0 Å². The molecule has 3 atom stereocenters. The first-order chi connectivity index (χ1) is 5.72. The lowest BCUT2D eigenvalue weighted by molar-refractivity contribution is 0.739. The molecule has 0 aromatic heterocycles. The summed E-state index contributed by atoms with van der Waals surface area (Å²) in [6.45, 7) is 0. The summed E-state index contributed by atoms with van der Waals surface area (Å²) in [5.74, 6) is 0. The SMILES string of the molecule is NC1c2ccccc2C(Br)C1Br. The molecule has 0 spiro atoms. The molecular formula is C9H9Br2N. The minimum Gasteiger partial charge on any atom is -0.323 e. The summed E-state index contributed by atoms with van der Waals surface area (Å²) in [7, 11) is 0. The second kappa shape index (κ2) is 3.13. The Labute approximate surface area is 88.6 Å². The molecule has 1 aromatic rings. The Hall–Kier alpha value is 0.140. The number of hydrogen-bond acceptors (Lipinski definition) is 1. The van der Waals surface area contributed by atoms with Gasteiger partial charge in [0.2, 0.25) is 0 Å². The second-order valence-electron chi connectivity index (χ2n) is 3.00. The molecule has 0 saturated carbocycles. The lowest BCUT2D eigenvalue weighted by Crippen LogP contribution is -2.16. The molecule has 1 aliphatic carbocycles. The highest BCUT2D eigenvalue weighted by molar-refractivity contribution is 9.12. The lowest BCUT2D eigenvalue weighted by Gasteiger charge is -2.09. The normalized spacial score (nSPS) is 33.4. The van der Waals surface area contributed by atoms with E-state index >= 15 is 0 Å². The van der Waals surface area contributed by atoms with Crippen LogP contribution in [0.3, 0.4) is 0 Å². The smallest absolute Gasteiger partial charge is 0.0542 e. The van der Waals surface area contributed by atoms with Gasteiger partial charge in [-0.05, 0) is 11.1 Å². The Morgan fingerprint density at radius 1 is 1.08 bits per heavy atom. The van der Waals surface area contributed by atoms with E-state index in [0.717, 1.165) is 0 Å². The van der Waals surface area contributed by atoms with E-state index in [1.807, 2.05) is 12.1 Å². The molecule has 3 unspecified atom stereocenters. The van der Waals surface area contributed by atoms with Crippen molar-refractivity contribution in [3.05, 3.63) is 35.4 Å². The first kappa shape index (κ1) is 8.73. The molecule has 2 N–H and O–H groups in total. The summed E-state index contributed by atoms with van der Waals surface area (Å²) in [6.07, 6.45) is 0. The minimum absolute atomic E-state index is 0.116. The van der Waals surface area contributed by atoms with E-state index in [9.17, 15) is 0 Å². The van der Waals surface area contributed by atoms with Crippen molar-refractivity contribution < 1.29 is 0 Å². The molecule has 1 aliphatic rings. The van der Waals surface area contributed by atoms with Crippen LogP contribution in [0.15, 0.2) is 24.3 Å². The van der Waals surface area contributed by atoms with Gasteiger partial charge in [0, 0.05) is 6.04 Å². The first-order valence-corrected chi connectivity index (χ1v) is 5.67. The van der Waals surface area contributed by atoms with Gasteiger partial charge in [-0.2, -0.15) is 0 Å². The molecule has 0 saturated heterocycles. The van der Waals surface area contributed by atoms with Gasteiger partial charge >= 0.3 is 0 Å². The lowest BCUT2D eigenvalue weighted by atomic mass is 10.1. The quantitative estimate of drug-likeness (QED) is 0.731. The van der Waals surface area contributed by atoms with Gasteiger partial charge in [-0.1, -0.05) is 56.1 Å². The van der Waals surface area contributed by atoms with Crippen molar-refractivity contribution in [2.75, 3.05) is 0 Å². The first-order valence-electron chi connectivity index (χ1n) is 3.84. The van der Waals surface area contributed by atoms with Crippen LogP contribution in [-0.4, -0.2) is 4.83 Å². The maximum Gasteiger partial charge on any atom is 0.0542 e. The van der Waals surface area contributed by atoms with Gasteiger partial charge in [-0.3, -0.25) is 0 Å². The fraction of sp³-hybridized carbons (Fsp3) is 0.333. The van der Waals surface area contributed by atoms with Crippen molar-refractivity contribution in [2.45, 2.75) is 15.7 Å². The van der Waals surface area contributed by atoms with Crippen LogP contribution < -0.4 is 5.73 Å². The third-order valence-electron chi connectivity index (χ3n) is 2.27. The van der Waals surface area contributed by atoms with E-state index in [4.69, 9.17) is 5.73 Å². The molecule has 0 heterocycles. The van der Waals surface area contributed by atoms with Crippen molar-refractivity contribution >= 4 is 31.9 Å². The average molecular weight is 291 g/mol. The van der Waals surface area contributed by atoms with Gasteiger partial charge in [-0.25, -0.2) is 0 Å².